The number of nitrogens with one attached hydrogen (secondary N) is 1. The Hall–Kier alpha value is -1.16. The van der Waals surface area contributed by atoms with E-state index in [1.807, 2.05) is 25.1 Å². The summed E-state index contributed by atoms with van der Waals surface area (Å²) in [7, 11) is 0. The predicted octanol–water partition coefficient (Wildman–Crippen LogP) is 5.64. The lowest BCUT2D eigenvalue weighted by Gasteiger charge is -2.15. The van der Waals surface area contributed by atoms with Crippen LogP contribution >= 0.6 is 35.0 Å². The van der Waals surface area contributed by atoms with Crippen LogP contribution in [0, 0.1) is 0 Å². The van der Waals surface area contributed by atoms with Crippen LogP contribution in [0.25, 0.3) is 0 Å². The molecule has 0 radical (unpaired) electrons. The summed E-state index contributed by atoms with van der Waals surface area (Å²) in [6.07, 6.45) is 0.752. The summed E-state index contributed by atoms with van der Waals surface area (Å²) in [6, 6.07) is 15.1. The molecular formula is C17H17Cl2NOS. The number of amides is 1. The number of rotatable bonds is 6. The van der Waals surface area contributed by atoms with Gasteiger partial charge in [0.05, 0.1) is 16.0 Å². The Balaban J connectivity index is 1.98. The number of hydrogen-bond donors (Lipinski definition) is 1. The van der Waals surface area contributed by atoms with Crippen LogP contribution in [0.1, 0.15) is 18.9 Å². The van der Waals surface area contributed by atoms with Crippen LogP contribution in [0.2, 0.25) is 10.0 Å². The van der Waals surface area contributed by atoms with Crippen molar-refractivity contribution in [1.82, 2.24) is 0 Å². The molecule has 2 aromatic carbocycles. The molecule has 0 bridgehead atoms. The van der Waals surface area contributed by atoms with Crippen LogP contribution in [-0.4, -0.2) is 11.2 Å². The second-order valence-electron chi connectivity index (χ2n) is 4.81. The fraction of sp³-hybridized carbons (Fsp3) is 0.235. The van der Waals surface area contributed by atoms with E-state index in [9.17, 15) is 4.79 Å². The zero-order chi connectivity index (χ0) is 15.9. The first-order chi connectivity index (χ1) is 10.6. The minimum atomic E-state index is -0.129. The summed E-state index contributed by atoms with van der Waals surface area (Å²) in [5, 5.41) is 3.77. The molecule has 2 nitrogen and oxygen atoms in total. The van der Waals surface area contributed by atoms with Gasteiger partial charge in [-0.05, 0) is 30.2 Å². The van der Waals surface area contributed by atoms with Crippen LogP contribution in [0.3, 0.4) is 0 Å². The van der Waals surface area contributed by atoms with Gasteiger partial charge in [0, 0.05) is 10.8 Å². The zero-order valence-corrected chi connectivity index (χ0v) is 14.5. The Morgan fingerprint density at radius 3 is 2.59 bits per heavy atom. The highest BCUT2D eigenvalue weighted by molar-refractivity contribution is 7.99. The lowest BCUT2D eigenvalue weighted by Crippen LogP contribution is -2.24. The zero-order valence-electron chi connectivity index (χ0n) is 12.2. The third-order valence-corrected chi connectivity index (χ3v) is 5.16. The average molecular weight is 354 g/mol. The number of carbonyl (C=O) groups is 1. The number of hydrogen-bond acceptors (Lipinski definition) is 2. The van der Waals surface area contributed by atoms with Crippen molar-refractivity contribution in [2.75, 3.05) is 5.32 Å². The SMILES string of the molecule is CCC(SCc1ccccc1)C(=O)Nc1cc(Cl)ccc1Cl. The highest BCUT2D eigenvalue weighted by atomic mass is 35.5. The molecule has 0 fully saturated rings. The topological polar surface area (TPSA) is 29.1 Å². The summed E-state index contributed by atoms with van der Waals surface area (Å²) in [5.74, 6) is 0.753. The number of benzene rings is 2. The molecule has 1 N–H and O–H groups in total. The largest absolute Gasteiger partial charge is 0.324 e. The first kappa shape index (κ1) is 17.2. The molecule has 1 atom stereocenters. The van der Waals surface area contributed by atoms with Gasteiger partial charge in [-0.3, -0.25) is 4.79 Å². The smallest absolute Gasteiger partial charge is 0.237 e. The molecule has 116 valence electrons. The highest BCUT2D eigenvalue weighted by Gasteiger charge is 2.18. The molecular weight excluding hydrogens is 337 g/mol. The Bertz CT molecular complexity index is 634. The Kier molecular flexibility index (Phi) is 6.62. The maximum atomic E-state index is 12.4. The first-order valence-electron chi connectivity index (χ1n) is 7.01. The summed E-state index contributed by atoms with van der Waals surface area (Å²) < 4.78 is 0. The van der Waals surface area contributed by atoms with E-state index in [2.05, 4.69) is 17.4 Å². The molecule has 0 heterocycles. The van der Waals surface area contributed by atoms with E-state index in [4.69, 9.17) is 23.2 Å². The van der Waals surface area contributed by atoms with Crippen molar-refractivity contribution >= 4 is 46.6 Å². The minimum absolute atomic E-state index is 0.0485. The molecule has 22 heavy (non-hydrogen) atoms. The maximum absolute atomic E-state index is 12.4. The fourth-order valence-corrected chi connectivity index (χ4v) is 3.33. The van der Waals surface area contributed by atoms with Crippen LogP contribution in [0.4, 0.5) is 5.69 Å². The summed E-state index contributed by atoms with van der Waals surface area (Å²) in [4.78, 5) is 12.4. The second-order valence-corrected chi connectivity index (χ2v) is 6.84. The highest BCUT2D eigenvalue weighted by Crippen LogP contribution is 2.27. The Morgan fingerprint density at radius 2 is 1.91 bits per heavy atom. The summed E-state index contributed by atoms with van der Waals surface area (Å²) in [5.41, 5.74) is 1.76. The lowest BCUT2D eigenvalue weighted by molar-refractivity contribution is -0.115. The Morgan fingerprint density at radius 1 is 1.18 bits per heavy atom. The van der Waals surface area contributed by atoms with Crippen LogP contribution in [0.5, 0.6) is 0 Å². The van der Waals surface area contributed by atoms with Gasteiger partial charge in [0.15, 0.2) is 0 Å². The lowest BCUT2D eigenvalue weighted by atomic mass is 10.2. The summed E-state index contributed by atoms with van der Waals surface area (Å²) in [6.45, 7) is 2.00. The van der Waals surface area contributed by atoms with E-state index in [0.717, 1.165) is 12.2 Å². The van der Waals surface area contributed by atoms with Crippen LogP contribution in [-0.2, 0) is 10.5 Å². The van der Waals surface area contributed by atoms with E-state index in [-0.39, 0.29) is 11.2 Å². The molecule has 5 heteroatoms. The number of carbonyl (C=O) groups excluding carboxylic acids is 1. The molecule has 1 amide bonds. The second kappa shape index (κ2) is 8.47. The Labute approximate surface area is 145 Å². The van der Waals surface area contributed by atoms with Gasteiger partial charge in [-0.15, -0.1) is 11.8 Å². The van der Waals surface area contributed by atoms with E-state index in [0.29, 0.717) is 15.7 Å². The van der Waals surface area contributed by atoms with E-state index in [1.165, 1.54) is 5.56 Å². The van der Waals surface area contributed by atoms with Gasteiger partial charge < -0.3 is 5.32 Å². The third kappa shape index (κ3) is 4.94. The van der Waals surface area contributed by atoms with Gasteiger partial charge in [-0.1, -0.05) is 60.5 Å². The minimum Gasteiger partial charge on any atom is -0.324 e. The van der Waals surface area contributed by atoms with Gasteiger partial charge in [0.25, 0.3) is 0 Å². The van der Waals surface area contributed by atoms with E-state index >= 15 is 0 Å². The van der Waals surface area contributed by atoms with Gasteiger partial charge in [-0.25, -0.2) is 0 Å². The van der Waals surface area contributed by atoms with Crippen molar-refractivity contribution in [2.24, 2.45) is 0 Å². The van der Waals surface area contributed by atoms with Gasteiger partial charge in [-0.2, -0.15) is 0 Å². The van der Waals surface area contributed by atoms with Crippen molar-refractivity contribution in [1.29, 1.82) is 0 Å². The fourth-order valence-electron chi connectivity index (χ4n) is 1.96. The monoisotopic (exact) mass is 353 g/mol. The molecule has 0 saturated carbocycles. The molecule has 2 rings (SSSR count). The molecule has 2 aromatic rings. The standard InChI is InChI=1S/C17H17Cl2NOS/c1-2-16(22-11-12-6-4-3-5-7-12)17(21)20-15-10-13(18)8-9-14(15)19/h3-10,16H,2,11H2,1H3,(H,20,21). The van der Waals surface area contributed by atoms with Gasteiger partial charge in [0.1, 0.15) is 0 Å². The van der Waals surface area contributed by atoms with Crippen molar-refractivity contribution in [3.63, 3.8) is 0 Å². The molecule has 0 aromatic heterocycles. The van der Waals surface area contributed by atoms with Crippen molar-refractivity contribution in [3.8, 4) is 0 Å². The third-order valence-electron chi connectivity index (χ3n) is 3.14. The molecule has 0 aliphatic rings. The molecule has 0 saturated heterocycles. The first-order valence-corrected chi connectivity index (χ1v) is 8.82. The van der Waals surface area contributed by atoms with Crippen molar-refractivity contribution in [2.45, 2.75) is 24.3 Å². The molecule has 1 unspecified atom stereocenters. The van der Waals surface area contributed by atoms with Gasteiger partial charge in [0.2, 0.25) is 5.91 Å². The number of anilines is 1. The predicted molar refractivity (Wildman–Crippen MR) is 96.9 cm³/mol. The normalized spacial score (nSPS) is 12.0. The summed E-state index contributed by atoms with van der Waals surface area (Å²) >= 11 is 13.6. The van der Waals surface area contributed by atoms with Crippen molar-refractivity contribution in [3.05, 3.63) is 64.1 Å². The molecule has 0 aliphatic carbocycles. The van der Waals surface area contributed by atoms with Crippen LogP contribution < -0.4 is 5.32 Å². The van der Waals surface area contributed by atoms with E-state index in [1.54, 1.807) is 30.0 Å². The number of thioether (sulfide) groups is 1. The number of halogens is 2. The van der Waals surface area contributed by atoms with Crippen molar-refractivity contribution < 1.29 is 4.79 Å². The average Bonchev–Trinajstić information content (AvgIpc) is 2.52. The van der Waals surface area contributed by atoms with Crippen LogP contribution in [0.15, 0.2) is 48.5 Å². The van der Waals surface area contributed by atoms with Gasteiger partial charge >= 0.3 is 0 Å². The maximum Gasteiger partial charge on any atom is 0.237 e. The molecule has 0 spiro atoms. The molecule has 0 aliphatic heterocycles. The van der Waals surface area contributed by atoms with E-state index < -0.39 is 0 Å². The quantitative estimate of drug-likeness (QED) is 0.727.